The third-order valence-corrected chi connectivity index (χ3v) is 4.04. The number of para-hydroxylation sites is 1. The Morgan fingerprint density at radius 1 is 0.893 bits per heavy atom. The molecule has 0 spiro atoms. The van der Waals surface area contributed by atoms with Crippen molar-refractivity contribution in [2.75, 3.05) is 26.4 Å². The van der Waals surface area contributed by atoms with Crippen LogP contribution in [0.1, 0.15) is 46.5 Å². The standard InChI is InChI=1S/C22H32N2O4/c1-4-6-12-25-14-15-27-19-16-23-22(24-17-19)20-10-8-9-11-21(20)28-18(3)26-13-7-5-2/h8-11,16-18H,4-7,12-15H2,1-3H3. The quantitative estimate of drug-likeness (QED) is 0.339. The molecule has 1 aromatic carbocycles. The van der Waals surface area contributed by atoms with E-state index in [0.717, 1.165) is 37.9 Å². The number of unbranched alkanes of at least 4 members (excludes halogenated alkanes) is 2. The molecule has 2 rings (SSSR count). The average molecular weight is 389 g/mol. The van der Waals surface area contributed by atoms with Crippen molar-refractivity contribution in [3.63, 3.8) is 0 Å². The lowest BCUT2D eigenvalue weighted by atomic mass is 10.2. The Hall–Kier alpha value is -2.18. The first-order valence-electron chi connectivity index (χ1n) is 10.1. The predicted molar refractivity (Wildman–Crippen MR) is 110 cm³/mol. The highest BCUT2D eigenvalue weighted by molar-refractivity contribution is 5.63. The Balaban J connectivity index is 1.90. The highest BCUT2D eigenvalue weighted by Crippen LogP contribution is 2.28. The molecule has 1 unspecified atom stereocenters. The normalized spacial score (nSPS) is 12.0. The minimum atomic E-state index is -0.331. The Morgan fingerprint density at radius 3 is 2.36 bits per heavy atom. The van der Waals surface area contributed by atoms with E-state index < -0.39 is 0 Å². The van der Waals surface area contributed by atoms with Gasteiger partial charge in [0.05, 0.1) is 31.2 Å². The Kier molecular flexibility index (Phi) is 10.3. The topological polar surface area (TPSA) is 62.7 Å². The molecule has 0 aliphatic carbocycles. The fourth-order valence-electron chi connectivity index (χ4n) is 2.46. The molecule has 6 nitrogen and oxygen atoms in total. The molecular weight excluding hydrogens is 356 g/mol. The summed E-state index contributed by atoms with van der Waals surface area (Å²) in [4.78, 5) is 8.85. The zero-order chi connectivity index (χ0) is 20.0. The highest BCUT2D eigenvalue weighted by Gasteiger charge is 2.12. The number of nitrogens with zero attached hydrogens (tertiary/aromatic N) is 2. The summed E-state index contributed by atoms with van der Waals surface area (Å²) in [5.74, 6) is 1.91. The Labute approximate surface area is 168 Å². The summed E-state index contributed by atoms with van der Waals surface area (Å²) in [5, 5.41) is 0. The molecule has 0 fully saturated rings. The van der Waals surface area contributed by atoms with Gasteiger partial charge in [-0.1, -0.05) is 38.8 Å². The maximum Gasteiger partial charge on any atom is 0.197 e. The third-order valence-electron chi connectivity index (χ3n) is 4.04. The van der Waals surface area contributed by atoms with Crippen LogP contribution >= 0.6 is 0 Å². The molecule has 1 atom stereocenters. The molecule has 0 aliphatic rings. The van der Waals surface area contributed by atoms with Crippen molar-refractivity contribution >= 4 is 0 Å². The van der Waals surface area contributed by atoms with E-state index >= 15 is 0 Å². The lowest BCUT2D eigenvalue weighted by Gasteiger charge is -2.17. The zero-order valence-electron chi connectivity index (χ0n) is 17.2. The van der Waals surface area contributed by atoms with Crippen molar-refractivity contribution in [1.29, 1.82) is 0 Å². The number of benzene rings is 1. The van der Waals surface area contributed by atoms with Gasteiger partial charge < -0.3 is 18.9 Å². The van der Waals surface area contributed by atoms with Crippen LogP contribution in [0.2, 0.25) is 0 Å². The second-order valence-electron chi connectivity index (χ2n) is 6.46. The Bertz CT molecular complexity index is 664. The SMILES string of the molecule is CCCCOCCOc1cnc(-c2ccccc2OC(C)OCCCC)nc1. The summed E-state index contributed by atoms with van der Waals surface area (Å²) in [7, 11) is 0. The van der Waals surface area contributed by atoms with Crippen LogP contribution in [0.15, 0.2) is 36.7 Å². The van der Waals surface area contributed by atoms with Crippen LogP contribution in [0, 0.1) is 0 Å². The van der Waals surface area contributed by atoms with Gasteiger partial charge in [-0.2, -0.15) is 0 Å². The third kappa shape index (κ3) is 7.82. The van der Waals surface area contributed by atoms with E-state index in [4.69, 9.17) is 18.9 Å². The highest BCUT2D eigenvalue weighted by atomic mass is 16.7. The van der Waals surface area contributed by atoms with E-state index in [0.29, 0.717) is 37.1 Å². The predicted octanol–water partition coefficient (Wildman–Crippen LogP) is 4.88. The van der Waals surface area contributed by atoms with Gasteiger partial charge >= 0.3 is 0 Å². The number of hydrogen-bond donors (Lipinski definition) is 0. The average Bonchev–Trinajstić information content (AvgIpc) is 2.72. The monoisotopic (exact) mass is 388 g/mol. The summed E-state index contributed by atoms with van der Waals surface area (Å²) in [6, 6.07) is 7.70. The van der Waals surface area contributed by atoms with Crippen molar-refractivity contribution in [2.45, 2.75) is 52.7 Å². The van der Waals surface area contributed by atoms with Gasteiger partial charge in [0, 0.05) is 6.61 Å². The summed E-state index contributed by atoms with van der Waals surface area (Å²) in [5.41, 5.74) is 0.822. The largest absolute Gasteiger partial charge is 0.488 e. The first kappa shape index (κ1) is 22.1. The van der Waals surface area contributed by atoms with Crippen LogP contribution in [-0.2, 0) is 9.47 Å². The fraction of sp³-hybridized carbons (Fsp3) is 0.545. The molecular formula is C22H32N2O4. The van der Waals surface area contributed by atoms with E-state index in [1.165, 1.54) is 0 Å². The minimum absolute atomic E-state index is 0.331. The van der Waals surface area contributed by atoms with Crippen LogP contribution in [-0.4, -0.2) is 42.7 Å². The van der Waals surface area contributed by atoms with Crippen molar-refractivity contribution in [3.05, 3.63) is 36.7 Å². The van der Waals surface area contributed by atoms with Crippen LogP contribution in [0.5, 0.6) is 11.5 Å². The summed E-state index contributed by atoms with van der Waals surface area (Å²) in [6.07, 6.45) is 7.33. The number of hydrogen-bond acceptors (Lipinski definition) is 6. The minimum Gasteiger partial charge on any atom is -0.488 e. The van der Waals surface area contributed by atoms with Gasteiger partial charge in [-0.15, -0.1) is 0 Å². The van der Waals surface area contributed by atoms with Crippen molar-refractivity contribution < 1.29 is 18.9 Å². The lowest BCUT2D eigenvalue weighted by Crippen LogP contribution is -2.17. The van der Waals surface area contributed by atoms with Crippen molar-refractivity contribution in [2.24, 2.45) is 0 Å². The van der Waals surface area contributed by atoms with E-state index in [9.17, 15) is 0 Å². The number of aromatic nitrogens is 2. The second kappa shape index (κ2) is 13.1. The van der Waals surface area contributed by atoms with Gasteiger partial charge in [0.25, 0.3) is 0 Å². The molecule has 2 aromatic rings. The number of rotatable bonds is 14. The maximum absolute atomic E-state index is 5.94. The van der Waals surface area contributed by atoms with Gasteiger partial charge in [0.15, 0.2) is 17.9 Å². The van der Waals surface area contributed by atoms with Crippen molar-refractivity contribution in [3.8, 4) is 22.9 Å². The summed E-state index contributed by atoms with van der Waals surface area (Å²) in [6.45, 7) is 8.67. The van der Waals surface area contributed by atoms with Gasteiger partial charge in [-0.05, 0) is 31.9 Å². The van der Waals surface area contributed by atoms with Crippen LogP contribution < -0.4 is 9.47 Å². The van der Waals surface area contributed by atoms with E-state index in [1.807, 2.05) is 31.2 Å². The molecule has 0 radical (unpaired) electrons. The second-order valence-corrected chi connectivity index (χ2v) is 6.46. The molecule has 0 saturated carbocycles. The van der Waals surface area contributed by atoms with Gasteiger partial charge in [-0.25, -0.2) is 9.97 Å². The summed E-state index contributed by atoms with van der Waals surface area (Å²) >= 11 is 0. The smallest absolute Gasteiger partial charge is 0.197 e. The lowest BCUT2D eigenvalue weighted by molar-refractivity contribution is -0.0670. The van der Waals surface area contributed by atoms with Gasteiger partial charge in [0.1, 0.15) is 12.4 Å². The molecule has 154 valence electrons. The van der Waals surface area contributed by atoms with Crippen molar-refractivity contribution in [1.82, 2.24) is 9.97 Å². The summed E-state index contributed by atoms with van der Waals surface area (Å²) < 4.78 is 22.7. The van der Waals surface area contributed by atoms with Crippen LogP contribution in [0.25, 0.3) is 11.4 Å². The number of ether oxygens (including phenoxy) is 4. The molecule has 6 heteroatoms. The first-order valence-corrected chi connectivity index (χ1v) is 10.1. The zero-order valence-corrected chi connectivity index (χ0v) is 17.2. The molecule has 0 saturated heterocycles. The molecule has 0 aliphatic heterocycles. The first-order chi connectivity index (χ1) is 13.7. The van der Waals surface area contributed by atoms with E-state index in [1.54, 1.807) is 12.4 Å². The molecule has 28 heavy (non-hydrogen) atoms. The molecule has 1 aromatic heterocycles. The van der Waals surface area contributed by atoms with Crippen LogP contribution in [0.4, 0.5) is 0 Å². The van der Waals surface area contributed by atoms with Gasteiger partial charge in [-0.3, -0.25) is 0 Å². The van der Waals surface area contributed by atoms with E-state index in [2.05, 4.69) is 23.8 Å². The maximum atomic E-state index is 5.94. The van der Waals surface area contributed by atoms with Crippen LogP contribution in [0.3, 0.4) is 0 Å². The molecule has 1 heterocycles. The fourth-order valence-corrected chi connectivity index (χ4v) is 2.46. The van der Waals surface area contributed by atoms with Gasteiger partial charge in [0.2, 0.25) is 0 Å². The molecule has 0 bridgehead atoms. The molecule has 0 amide bonds. The van der Waals surface area contributed by atoms with E-state index in [-0.39, 0.29) is 6.29 Å². The Morgan fingerprint density at radius 2 is 1.61 bits per heavy atom. The molecule has 0 N–H and O–H groups in total.